The third-order valence-corrected chi connectivity index (χ3v) is 4.66. The van der Waals surface area contributed by atoms with Crippen LogP contribution in [-0.2, 0) is 15.8 Å². The molecule has 0 fully saturated rings. The van der Waals surface area contributed by atoms with Crippen LogP contribution in [0.5, 0.6) is 0 Å². The first kappa shape index (κ1) is 21.7. The Kier molecular flexibility index (Phi) is 5.82. The van der Waals surface area contributed by atoms with Gasteiger partial charge in [0.1, 0.15) is 0 Å². The Hall–Kier alpha value is -2.98. The number of carbonyl (C=O) groups is 2. The first-order valence-electron chi connectivity index (χ1n) is 8.26. The number of hydrogen-bond donors (Lipinski definition) is 0. The van der Waals surface area contributed by atoms with Crippen LogP contribution in [0.15, 0.2) is 36.7 Å². The highest BCUT2D eigenvalue weighted by molar-refractivity contribution is 6.42. The SMILES string of the molecule is CC(=O)N(C(C)=O)c1c(-c2ccc(Cl)c(Cl)c2)c(C(F)(F)F)nn1-c1ncccn1. The lowest BCUT2D eigenvalue weighted by Gasteiger charge is -2.20. The summed E-state index contributed by atoms with van der Waals surface area (Å²) in [5, 5.41) is 3.71. The van der Waals surface area contributed by atoms with Gasteiger partial charge in [-0.3, -0.25) is 9.59 Å². The monoisotopic (exact) mass is 457 g/mol. The molecule has 3 rings (SSSR count). The summed E-state index contributed by atoms with van der Waals surface area (Å²) in [4.78, 5) is 32.8. The van der Waals surface area contributed by atoms with E-state index in [9.17, 15) is 22.8 Å². The molecule has 0 saturated heterocycles. The fourth-order valence-corrected chi connectivity index (χ4v) is 3.09. The first-order valence-corrected chi connectivity index (χ1v) is 9.02. The summed E-state index contributed by atoms with van der Waals surface area (Å²) in [7, 11) is 0. The molecule has 7 nitrogen and oxygen atoms in total. The van der Waals surface area contributed by atoms with Crippen molar-refractivity contribution in [1.82, 2.24) is 19.7 Å². The first-order chi connectivity index (χ1) is 14.0. The molecule has 0 aliphatic carbocycles. The normalized spacial score (nSPS) is 11.4. The standard InChI is InChI=1S/C18H12Cl2F3N5O2/c1-9(29)27(10(2)30)16-14(11-4-5-12(19)13(20)8-11)15(18(21,22)23)26-28(16)17-24-6-3-7-25-17/h3-8H,1-2H3. The highest BCUT2D eigenvalue weighted by Crippen LogP contribution is 2.44. The molecule has 0 aliphatic rings. The van der Waals surface area contributed by atoms with Crippen LogP contribution < -0.4 is 4.90 Å². The Balaban J connectivity index is 2.49. The van der Waals surface area contributed by atoms with Gasteiger partial charge in [0.2, 0.25) is 11.8 Å². The maximum absolute atomic E-state index is 13.9. The number of hydrogen-bond acceptors (Lipinski definition) is 5. The van der Waals surface area contributed by atoms with E-state index in [1.165, 1.54) is 36.7 Å². The lowest BCUT2D eigenvalue weighted by atomic mass is 10.0. The predicted octanol–water partition coefficient (Wildman–Crippen LogP) is 4.55. The Morgan fingerprint density at radius 2 is 1.63 bits per heavy atom. The molecule has 2 heterocycles. The van der Waals surface area contributed by atoms with Gasteiger partial charge in [0.15, 0.2) is 11.5 Å². The van der Waals surface area contributed by atoms with E-state index in [1.54, 1.807) is 0 Å². The number of anilines is 1. The van der Waals surface area contributed by atoms with E-state index in [2.05, 4.69) is 15.1 Å². The second-order valence-electron chi connectivity index (χ2n) is 6.01. The van der Waals surface area contributed by atoms with Crippen molar-refractivity contribution >= 4 is 40.8 Å². The number of aromatic nitrogens is 4. The Morgan fingerprint density at radius 1 is 1.03 bits per heavy atom. The van der Waals surface area contributed by atoms with Gasteiger partial charge >= 0.3 is 6.18 Å². The molecule has 0 bridgehead atoms. The number of alkyl halides is 3. The van der Waals surface area contributed by atoms with Crippen LogP contribution in [0.1, 0.15) is 19.5 Å². The molecule has 2 aromatic heterocycles. The summed E-state index contributed by atoms with van der Waals surface area (Å²) in [6, 6.07) is 5.21. The Labute approximate surface area is 178 Å². The summed E-state index contributed by atoms with van der Waals surface area (Å²) in [5.74, 6) is -2.38. The van der Waals surface area contributed by atoms with Gasteiger partial charge < -0.3 is 0 Å². The van der Waals surface area contributed by atoms with Crippen LogP contribution in [0.3, 0.4) is 0 Å². The number of halogens is 5. The molecule has 156 valence electrons. The topological polar surface area (TPSA) is 81.0 Å². The zero-order chi connectivity index (χ0) is 22.2. The minimum Gasteiger partial charge on any atom is -0.274 e. The summed E-state index contributed by atoms with van der Waals surface area (Å²) in [5.41, 5.74) is -1.95. The number of carbonyl (C=O) groups excluding carboxylic acids is 2. The maximum atomic E-state index is 13.9. The van der Waals surface area contributed by atoms with Crippen LogP contribution in [-0.4, -0.2) is 31.6 Å². The molecule has 12 heteroatoms. The van der Waals surface area contributed by atoms with E-state index in [1.807, 2.05) is 0 Å². The van der Waals surface area contributed by atoms with Gasteiger partial charge in [-0.15, -0.1) is 0 Å². The van der Waals surface area contributed by atoms with Crippen molar-refractivity contribution in [3.63, 3.8) is 0 Å². The third-order valence-electron chi connectivity index (χ3n) is 3.92. The van der Waals surface area contributed by atoms with Gasteiger partial charge in [-0.05, 0) is 23.8 Å². The van der Waals surface area contributed by atoms with Crippen molar-refractivity contribution in [1.29, 1.82) is 0 Å². The van der Waals surface area contributed by atoms with Crippen molar-refractivity contribution < 1.29 is 22.8 Å². The van der Waals surface area contributed by atoms with Crippen molar-refractivity contribution in [3.8, 4) is 17.1 Å². The largest absolute Gasteiger partial charge is 0.435 e. The van der Waals surface area contributed by atoms with Crippen LogP contribution >= 0.6 is 23.2 Å². The van der Waals surface area contributed by atoms with E-state index in [4.69, 9.17) is 23.2 Å². The fraction of sp³-hybridized carbons (Fsp3) is 0.167. The number of rotatable bonds is 3. The van der Waals surface area contributed by atoms with Crippen LogP contribution in [0, 0.1) is 0 Å². The molecule has 2 amide bonds. The lowest BCUT2D eigenvalue weighted by Crippen LogP contribution is -2.35. The molecule has 0 aliphatic heterocycles. The molecule has 0 spiro atoms. The van der Waals surface area contributed by atoms with Gasteiger partial charge in [-0.25, -0.2) is 14.9 Å². The smallest absolute Gasteiger partial charge is 0.274 e. The number of amides is 2. The van der Waals surface area contributed by atoms with Crippen LogP contribution in [0.4, 0.5) is 19.0 Å². The maximum Gasteiger partial charge on any atom is 0.435 e. The summed E-state index contributed by atoms with van der Waals surface area (Å²) in [6.07, 6.45) is -2.37. The van der Waals surface area contributed by atoms with Crippen LogP contribution in [0.25, 0.3) is 17.1 Å². The van der Waals surface area contributed by atoms with Gasteiger partial charge in [0.25, 0.3) is 5.95 Å². The molecule has 0 N–H and O–H groups in total. The highest BCUT2D eigenvalue weighted by Gasteiger charge is 2.42. The van der Waals surface area contributed by atoms with Gasteiger partial charge in [-0.1, -0.05) is 29.3 Å². The average Bonchev–Trinajstić information content (AvgIpc) is 3.04. The van der Waals surface area contributed by atoms with E-state index in [0.29, 0.717) is 9.58 Å². The molecule has 1 aromatic carbocycles. The zero-order valence-electron chi connectivity index (χ0n) is 15.4. The summed E-state index contributed by atoms with van der Waals surface area (Å²) in [6.45, 7) is 2.08. The molecule has 0 radical (unpaired) electrons. The van der Waals surface area contributed by atoms with Gasteiger partial charge in [0, 0.05) is 26.2 Å². The molecule has 0 unspecified atom stereocenters. The van der Waals surface area contributed by atoms with E-state index in [-0.39, 0.29) is 21.6 Å². The minimum atomic E-state index is -4.94. The minimum absolute atomic E-state index is 0.0193. The molecular formula is C18H12Cl2F3N5O2. The quantitative estimate of drug-likeness (QED) is 0.575. The number of benzene rings is 1. The zero-order valence-corrected chi connectivity index (χ0v) is 16.9. The van der Waals surface area contributed by atoms with Crippen LogP contribution in [0.2, 0.25) is 10.0 Å². The highest BCUT2D eigenvalue weighted by atomic mass is 35.5. The molecule has 30 heavy (non-hydrogen) atoms. The second-order valence-corrected chi connectivity index (χ2v) is 6.82. The van der Waals surface area contributed by atoms with E-state index >= 15 is 0 Å². The molecular weight excluding hydrogens is 446 g/mol. The van der Waals surface area contributed by atoms with Crippen molar-refractivity contribution in [3.05, 3.63) is 52.4 Å². The predicted molar refractivity (Wildman–Crippen MR) is 103 cm³/mol. The average molecular weight is 458 g/mol. The van der Waals surface area contributed by atoms with E-state index in [0.717, 1.165) is 13.8 Å². The molecule has 3 aromatic rings. The number of imide groups is 1. The third kappa shape index (κ3) is 4.01. The summed E-state index contributed by atoms with van der Waals surface area (Å²) < 4.78 is 42.5. The van der Waals surface area contributed by atoms with Gasteiger partial charge in [0.05, 0.1) is 15.6 Å². The lowest BCUT2D eigenvalue weighted by molar-refractivity contribution is -0.141. The molecule has 0 saturated carbocycles. The number of nitrogens with zero attached hydrogens (tertiary/aromatic N) is 5. The Bertz CT molecular complexity index is 1120. The Morgan fingerprint density at radius 3 is 2.13 bits per heavy atom. The summed E-state index contributed by atoms with van der Waals surface area (Å²) >= 11 is 11.9. The van der Waals surface area contributed by atoms with Gasteiger partial charge in [-0.2, -0.15) is 23.0 Å². The molecule has 0 atom stereocenters. The van der Waals surface area contributed by atoms with Crippen molar-refractivity contribution in [2.45, 2.75) is 20.0 Å². The van der Waals surface area contributed by atoms with Crippen molar-refractivity contribution in [2.75, 3.05) is 4.90 Å². The fourth-order valence-electron chi connectivity index (χ4n) is 2.79. The van der Waals surface area contributed by atoms with Crippen molar-refractivity contribution in [2.24, 2.45) is 0 Å². The second kappa shape index (κ2) is 8.04. The van der Waals surface area contributed by atoms with E-state index < -0.39 is 35.1 Å².